The second-order valence-electron chi connectivity index (χ2n) is 4.31. The fraction of sp³-hybridized carbons (Fsp3) is 0.636. The summed E-state index contributed by atoms with van der Waals surface area (Å²) in [6.07, 6.45) is 7.01. The molecule has 0 heterocycles. The van der Waals surface area contributed by atoms with Crippen molar-refractivity contribution in [3.63, 3.8) is 0 Å². The fourth-order valence-electron chi connectivity index (χ4n) is 1.62. The highest BCUT2D eigenvalue weighted by Gasteiger charge is 2.20. The van der Waals surface area contributed by atoms with E-state index < -0.39 is 0 Å². The predicted octanol–water partition coefficient (Wildman–Crippen LogP) is 2.86. The highest BCUT2D eigenvalue weighted by Crippen LogP contribution is 2.32. The molecule has 1 N–H and O–H groups in total. The van der Waals surface area contributed by atoms with Gasteiger partial charge in [0.2, 0.25) is 0 Å². The lowest BCUT2D eigenvalue weighted by atomic mass is 9.81. The van der Waals surface area contributed by atoms with Gasteiger partial charge in [-0.15, -0.1) is 0 Å². The van der Waals surface area contributed by atoms with Gasteiger partial charge in [0.1, 0.15) is 0 Å². The van der Waals surface area contributed by atoms with Crippen molar-refractivity contribution in [1.29, 1.82) is 0 Å². The molecule has 1 rings (SSSR count). The zero-order valence-electron chi connectivity index (χ0n) is 8.57. The van der Waals surface area contributed by atoms with E-state index in [1.165, 1.54) is 24.1 Å². The van der Waals surface area contributed by atoms with Crippen LogP contribution in [0.2, 0.25) is 0 Å². The second-order valence-corrected chi connectivity index (χ2v) is 4.31. The van der Waals surface area contributed by atoms with Crippen LogP contribution < -0.4 is 5.32 Å². The lowest BCUT2D eigenvalue weighted by Gasteiger charge is -2.27. The monoisotopic (exact) mass is 165 g/mol. The number of nitrogens with one attached hydrogen (secondary N) is 1. The summed E-state index contributed by atoms with van der Waals surface area (Å²) in [7, 11) is 2.00. The molecule has 0 radical (unpaired) electrons. The molecule has 0 aromatic rings. The van der Waals surface area contributed by atoms with E-state index >= 15 is 0 Å². The molecule has 0 amide bonds. The van der Waals surface area contributed by atoms with E-state index in [-0.39, 0.29) is 5.41 Å². The van der Waals surface area contributed by atoms with E-state index in [4.69, 9.17) is 0 Å². The molecular weight excluding hydrogens is 146 g/mol. The average molecular weight is 165 g/mol. The van der Waals surface area contributed by atoms with Crippen LogP contribution in [0.4, 0.5) is 0 Å². The molecule has 0 saturated carbocycles. The van der Waals surface area contributed by atoms with Crippen LogP contribution in [0.15, 0.2) is 23.4 Å². The Morgan fingerprint density at radius 3 is 2.17 bits per heavy atom. The molecule has 0 spiro atoms. The Hall–Kier alpha value is -0.720. The van der Waals surface area contributed by atoms with Crippen molar-refractivity contribution >= 4 is 0 Å². The van der Waals surface area contributed by atoms with Gasteiger partial charge in [0.15, 0.2) is 0 Å². The Labute approximate surface area is 75.6 Å². The highest BCUT2D eigenvalue weighted by atomic mass is 14.8. The standard InChI is InChI=1S/C11H19N/c1-11(2,3)9-7-5-6-8-10(9)12-4/h7-8,12H,5-6H2,1-4H3. The van der Waals surface area contributed by atoms with E-state index in [1.807, 2.05) is 7.05 Å². The van der Waals surface area contributed by atoms with Gasteiger partial charge in [-0.05, 0) is 23.8 Å². The third-order valence-corrected chi connectivity index (χ3v) is 2.23. The zero-order valence-corrected chi connectivity index (χ0v) is 8.57. The van der Waals surface area contributed by atoms with Gasteiger partial charge < -0.3 is 5.32 Å². The topological polar surface area (TPSA) is 12.0 Å². The molecule has 1 aliphatic carbocycles. The van der Waals surface area contributed by atoms with Gasteiger partial charge >= 0.3 is 0 Å². The first-order chi connectivity index (χ1) is 5.55. The normalized spacial score (nSPS) is 18.3. The van der Waals surface area contributed by atoms with Crippen molar-refractivity contribution in [2.75, 3.05) is 7.05 Å². The van der Waals surface area contributed by atoms with Crippen molar-refractivity contribution < 1.29 is 0 Å². The third kappa shape index (κ3) is 1.90. The SMILES string of the molecule is CNC1=CCCC=C1C(C)(C)C. The summed E-state index contributed by atoms with van der Waals surface area (Å²) in [5.41, 5.74) is 3.04. The van der Waals surface area contributed by atoms with Crippen LogP contribution in [-0.2, 0) is 0 Å². The number of rotatable bonds is 1. The van der Waals surface area contributed by atoms with Gasteiger partial charge in [0.05, 0.1) is 0 Å². The number of hydrogen-bond acceptors (Lipinski definition) is 1. The summed E-state index contributed by atoms with van der Waals surface area (Å²) < 4.78 is 0. The average Bonchev–Trinajstić information content (AvgIpc) is 2.03. The first-order valence-corrected chi connectivity index (χ1v) is 4.64. The lowest BCUT2D eigenvalue weighted by molar-refractivity contribution is 0.498. The molecule has 0 atom stereocenters. The molecule has 0 aromatic heterocycles. The van der Waals surface area contributed by atoms with Gasteiger partial charge in [-0.3, -0.25) is 0 Å². The minimum Gasteiger partial charge on any atom is -0.388 e. The van der Waals surface area contributed by atoms with Gasteiger partial charge in [-0.25, -0.2) is 0 Å². The van der Waals surface area contributed by atoms with Gasteiger partial charge in [-0.1, -0.05) is 32.9 Å². The van der Waals surface area contributed by atoms with Crippen LogP contribution >= 0.6 is 0 Å². The first-order valence-electron chi connectivity index (χ1n) is 4.64. The first kappa shape index (κ1) is 9.37. The third-order valence-electron chi connectivity index (χ3n) is 2.23. The summed E-state index contributed by atoms with van der Waals surface area (Å²) in [5.74, 6) is 0. The van der Waals surface area contributed by atoms with Crippen LogP contribution in [0.3, 0.4) is 0 Å². The largest absolute Gasteiger partial charge is 0.388 e. The maximum Gasteiger partial charge on any atom is 0.0331 e. The molecule has 0 saturated heterocycles. The van der Waals surface area contributed by atoms with Crippen LogP contribution in [-0.4, -0.2) is 7.05 Å². The van der Waals surface area contributed by atoms with Gasteiger partial charge in [0.25, 0.3) is 0 Å². The number of allylic oxidation sites excluding steroid dienone is 3. The van der Waals surface area contributed by atoms with Crippen molar-refractivity contribution in [1.82, 2.24) is 5.32 Å². The van der Waals surface area contributed by atoms with Crippen molar-refractivity contribution in [2.45, 2.75) is 33.6 Å². The van der Waals surface area contributed by atoms with Crippen molar-refractivity contribution in [3.8, 4) is 0 Å². The molecule has 1 nitrogen and oxygen atoms in total. The maximum atomic E-state index is 3.25. The summed E-state index contributed by atoms with van der Waals surface area (Å²) >= 11 is 0. The minimum absolute atomic E-state index is 0.273. The molecule has 0 fully saturated rings. The zero-order chi connectivity index (χ0) is 9.19. The molecule has 0 bridgehead atoms. The molecule has 0 aliphatic heterocycles. The van der Waals surface area contributed by atoms with Gasteiger partial charge in [0, 0.05) is 12.7 Å². The second kappa shape index (κ2) is 3.34. The molecule has 68 valence electrons. The molecule has 1 aliphatic rings. The van der Waals surface area contributed by atoms with E-state index in [1.54, 1.807) is 0 Å². The molecule has 0 unspecified atom stereocenters. The van der Waals surface area contributed by atoms with Gasteiger partial charge in [-0.2, -0.15) is 0 Å². The summed E-state index contributed by atoms with van der Waals surface area (Å²) in [6.45, 7) is 6.78. The van der Waals surface area contributed by atoms with Crippen molar-refractivity contribution in [2.24, 2.45) is 5.41 Å². The quantitative estimate of drug-likeness (QED) is 0.630. The molecule has 0 aromatic carbocycles. The van der Waals surface area contributed by atoms with Crippen LogP contribution in [0.1, 0.15) is 33.6 Å². The maximum absolute atomic E-state index is 3.25. The highest BCUT2D eigenvalue weighted by molar-refractivity contribution is 5.36. The van der Waals surface area contributed by atoms with E-state index in [0.29, 0.717) is 0 Å². The number of likely N-dealkylation sites (N-methyl/N-ethyl adjacent to an activating group) is 1. The molecule has 12 heavy (non-hydrogen) atoms. The minimum atomic E-state index is 0.273. The Morgan fingerprint density at radius 1 is 1.17 bits per heavy atom. The predicted molar refractivity (Wildman–Crippen MR) is 53.9 cm³/mol. The van der Waals surface area contributed by atoms with Crippen LogP contribution in [0.5, 0.6) is 0 Å². The summed E-state index contributed by atoms with van der Waals surface area (Å²) in [5, 5.41) is 3.25. The Bertz CT molecular complexity index is 216. The van der Waals surface area contributed by atoms with E-state index in [0.717, 1.165) is 0 Å². The smallest absolute Gasteiger partial charge is 0.0331 e. The van der Waals surface area contributed by atoms with E-state index in [2.05, 4.69) is 38.2 Å². The summed E-state index contributed by atoms with van der Waals surface area (Å²) in [6, 6.07) is 0. The Morgan fingerprint density at radius 2 is 1.75 bits per heavy atom. The number of hydrogen-bond donors (Lipinski definition) is 1. The van der Waals surface area contributed by atoms with E-state index in [9.17, 15) is 0 Å². The molecule has 1 heteroatoms. The lowest BCUT2D eigenvalue weighted by Crippen LogP contribution is -2.20. The summed E-state index contributed by atoms with van der Waals surface area (Å²) in [4.78, 5) is 0. The Balaban J connectivity index is 2.88. The molecular formula is C11H19N. The van der Waals surface area contributed by atoms with Crippen LogP contribution in [0, 0.1) is 5.41 Å². The fourth-order valence-corrected chi connectivity index (χ4v) is 1.62. The van der Waals surface area contributed by atoms with Crippen molar-refractivity contribution in [3.05, 3.63) is 23.4 Å². The van der Waals surface area contributed by atoms with Crippen LogP contribution in [0.25, 0.3) is 0 Å². The Kier molecular flexibility index (Phi) is 2.61.